The Labute approximate surface area is 229 Å². The molecule has 0 aliphatic heterocycles. The number of para-hydroxylation sites is 1. The van der Waals surface area contributed by atoms with Gasteiger partial charge in [0.15, 0.2) is 0 Å². The Morgan fingerprint density at radius 2 is 1.28 bits per heavy atom. The smallest absolute Gasteiger partial charge is 0.407 e. The minimum atomic E-state index is -0.432. The first kappa shape index (κ1) is 27.7. The summed E-state index contributed by atoms with van der Waals surface area (Å²) in [4.78, 5) is 29.9. The van der Waals surface area contributed by atoms with Gasteiger partial charge in [-0.15, -0.1) is 0 Å². The Balaban J connectivity index is 1.21. The number of nitrogens with one attached hydrogen (secondary N) is 3. The van der Waals surface area contributed by atoms with E-state index in [4.69, 9.17) is 9.47 Å². The van der Waals surface area contributed by atoms with Crippen LogP contribution in [0, 0.1) is 0 Å². The fourth-order valence-corrected chi connectivity index (χ4v) is 4.31. The molecule has 3 aromatic carbocycles. The van der Waals surface area contributed by atoms with Crippen LogP contribution in [0.1, 0.15) is 23.1 Å². The van der Waals surface area contributed by atoms with Crippen LogP contribution in [0.2, 0.25) is 0 Å². The van der Waals surface area contributed by atoms with Crippen LogP contribution in [-0.2, 0) is 29.1 Å². The average Bonchev–Trinajstić information content (AvgIpc) is 3.39. The van der Waals surface area contributed by atoms with Crippen molar-refractivity contribution in [3.05, 3.63) is 108 Å². The zero-order valence-electron chi connectivity index (χ0n) is 22.1. The lowest BCUT2D eigenvalue weighted by Crippen LogP contribution is -2.38. The SMILES string of the molecule is O=C(NCCCN(CCNC(=O)OCc1ccccc1)CCc1c[nH]c2ccccc12)OCc1ccccc1. The Hall–Kier alpha value is -4.30. The molecule has 0 saturated carbocycles. The van der Waals surface area contributed by atoms with Crippen molar-refractivity contribution < 1.29 is 19.1 Å². The molecule has 0 radical (unpaired) electrons. The molecule has 8 heteroatoms. The van der Waals surface area contributed by atoms with Gasteiger partial charge in [0.25, 0.3) is 0 Å². The molecule has 2 amide bonds. The summed E-state index contributed by atoms with van der Waals surface area (Å²) in [7, 11) is 0. The number of rotatable bonds is 14. The van der Waals surface area contributed by atoms with Crippen molar-refractivity contribution in [1.82, 2.24) is 20.5 Å². The highest BCUT2D eigenvalue weighted by Gasteiger charge is 2.10. The number of carbonyl (C=O) groups is 2. The molecule has 0 bridgehead atoms. The minimum Gasteiger partial charge on any atom is -0.445 e. The van der Waals surface area contributed by atoms with E-state index < -0.39 is 12.2 Å². The van der Waals surface area contributed by atoms with E-state index in [0.717, 1.165) is 42.6 Å². The molecule has 0 fully saturated rings. The van der Waals surface area contributed by atoms with Gasteiger partial charge in [-0.2, -0.15) is 0 Å². The highest BCUT2D eigenvalue weighted by atomic mass is 16.6. The summed E-state index contributed by atoms with van der Waals surface area (Å²) < 4.78 is 10.6. The van der Waals surface area contributed by atoms with E-state index in [1.165, 1.54) is 10.9 Å². The molecular weight excluding hydrogens is 492 g/mol. The monoisotopic (exact) mass is 528 g/mol. The molecular formula is C31H36N4O4. The normalized spacial score (nSPS) is 10.9. The van der Waals surface area contributed by atoms with E-state index in [2.05, 4.69) is 38.8 Å². The summed E-state index contributed by atoms with van der Waals surface area (Å²) in [5.41, 5.74) is 4.28. The number of fused-ring (bicyclic) bond motifs is 1. The molecule has 0 aliphatic carbocycles. The lowest BCUT2D eigenvalue weighted by atomic mass is 10.1. The first-order valence-electron chi connectivity index (χ1n) is 13.3. The zero-order valence-corrected chi connectivity index (χ0v) is 22.1. The van der Waals surface area contributed by atoms with Crippen LogP contribution in [0.5, 0.6) is 0 Å². The number of hydrogen-bond acceptors (Lipinski definition) is 5. The standard InChI is InChI=1S/C31H36N4O4/c36-30(38-23-25-10-3-1-4-11-25)32-17-9-19-35(20-16-27-22-34-29-15-8-7-14-28(27)29)21-18-33-31(37)39-24-26-12-5-2-6-13-26/h1-8,10-15,22,34H,9,16-21,23-24H2,(H,32,36)(H,33,37). The third-order valence-electron chi connectivity index (χ3n) is 6.42. The maximum atomic E-state index is 12.2. The summed E-state index contributed by atoms with van der Waals surface area (Å²) in [6.07, 6.45) is 2.83. The van der Waals surface area contributed by atoms with Gasteiger partial charge >= 0.3 is 12.2 Å². The number of aromatic nitrogens is 1. The topological polar surface area (TPSA) is 95.7 Å². The Bertz CT molecular complexity index is 1290. The van der Waals surface area contributed by atoms with E-state index in [1.54, 1.807) is 0 Å². The Morgan fingerprint density at radius 1 is 0.692 bits per heavy atom. The van der Waals surface area contributed by atoms with Crippen LogP contribution in [0.25, 0.3) is 10.9 Å². The molecule has 39 heavy (non-hydrogen) atoms. The van der Waals surface area contributed by atoms with Gasteiger partial charge in [-0.25, -0.2) is 9.59 Å². The number of hydrogen-bond donors (Lipinski definition) is 3. The van der Waals surface area contributed by atoms with Crippen molar-refractivity contribution in [2.24, 2.45) is 0 Å². The molecule has 8 nitrogen and oxygen atoms in total. The second-order valence-corrected chi connectivity index (χ2v) is 9.28. The number of alkyl carbamates (subject to hydrolysis) is 2. The van der Waals surface area contributed by atoms with Crippen LogP contribution >= 0.6 is 0 Å². The van der Waals surface area contributed by atoms with Gasteiger partial charge in [-0.3, -0.25) is 0 Å². The van der Waals surface area contributed by atoms with E-state index in [1.807, 2.05) is 72.8 Å². The molecule has 0 unspecified atom stereocenters. The second-order valence-electron chi connectivity index (χ2n) is 9.28. The van der Waals surface area contributed by atoms with Gasteiger partial charge in [-0.05, 0) is 42.1 Å². The van der Waals surface area contributed by atoms with Gasteiger partial charge in [0.2, 0.25) is 0 Å². The van der Waals surface area contributed by atoms with Gasteiger partial charge < -0.3 is 30.0 Å². The molecule has 0 spiro atoms. The summed E-state index contributed by atoms with van der Waals surface area (Å²) in [5.74, 6) is 0. The Kier molecular flexibility index (Phi) is 10.8. The van der Waals surface area contributed by atoms with Crippen molar-refractivity contribution in [3.63, 3.8) is 0 Å². The van der Waals surface area contributed by atoms with Crippen LogP contribution in [0.15, 0.2) is 91.1 Å². The lowest BCUT2D eigenvalue weighted by molar-refractivity contribution is 0.136. The minimum absolute atomic E-state index is 0.239. The predicted molar refractivity (Wildman–Crippen MR) is 152 cm³/mol. The molecule has 1 heterocycles. The van der Waals surface area contributed by atoms with Crippen molar-refractivity contribution in [1.29, 1.82) is 0 Å². The number of aromatic amines is 1. The van der Waals surface area contributed by atoms with Crippen molar-refractivity contribution in [3.8, 4) is 0 Å². The molecule has 0 aliphatic rings. The number of nitrogens with zero attached hydrogens (tertiary/aromatic N) is 1. The van der Waals surface area contributed by atoms with Crippen LogP contribution in [0.4, 0.5) is 9.59 Å². The maximum absolute atomic E-state index is 12.2. The maximum Gasteiger partial charge on any atom is 0.407 e. The van der Waals surface area contributed by atoms with Gasteiger partial charge in [0.1, 0.15) is 13.2 Å². The summed E-state index contributed by atoms with van der Waals surface area (Å²) in [5, 5.41) is 6.90. The fourth-order valence-electron chi connectivity index (χ4n) is 4.31. The lowest BCUT2D eigenvalue weighted by Gasteiger charge is -2.22. The van der Waals surface area contributed by atoms with E-state index >= 15 is 0 Å². The van der Waals surface area contributed by atoms with Crippen molar-refractivity contribution in [2.75, 3.05) is 32.7 Å². The third kappa shape index (κ3) is 9.50. The largest absolute Gasteiger partial charge is 0.445 e. The quantitative estimate of drug-likeness (QED) is 0.194. The van der Waals surface area contributed by atoms with Gasteiger partial charge in [0.05, 0.1) is 0 Å². The third-order valence-corrected chi connectivity index (χ3v) is 6.42. The number of benzene rings is 3. The molecule has 4 aromatic rings. The van der Waals surface area contributed by atoms with E-state index in [0.29, 0.717) is 19.6 Å². The molecule has 204 valence electrons. The van der Waals surface area contributed by atoms with Crippen LogP contribution in [0.3, 0.4) is 0 Å². The first-order valence-corrected chi connectivity index (χ1v) is 13.3. The summed E-state index contributed by atoms with van der Waals surface area (Å²) in [6.45, 7) is 3.71. The van der Waals surface area contributed by atoms with E-state index in [-0.39, 0.29) is 13.2 Å². The highest BCUT2D eigenvalue weighted by molar-refractivity contribution is 5.83. The first-order chi connectivity index (χ1) is 19.2. The van der Waals surface area contributed by atoms with Crippen LogP contribution < -0.4 is 10.6 Å². The average molecular weight is 529 g/mol. The number of amides is 2. The van der Waals surface area contributed by atoms with Crippen molar-refractivity contribution in [2.45, 2.75) is 26.1 Å². The Morgan fingerprint density at radius 3 is 1.95 bits per heavy atom. The van der Waals surface area contributed by atoms with Crippen LogP contribution in [-0.4, -0.2) is 54.8 Å². The zero-order chi connectivity index (χ0) is 27.1. The molecule has 4 rings (SSSR count). The fraction of sp³-hybridized carbons (Fsp3) is 0.290. The number of carbonyl (C=O) groups excluding carboxylic acids is 2. The second kappa shape index (κ2) is 15.2. The summed E-state index contributed by atoms with van der Waals surface area (Å²) in [6, 6.07) is 27.5. The molecule has 1 aromatic heterocycles. The van der Waals surface area contributed by atoms with Gasteiger partial charge in [-0.1, -0.05) is 78.9 Å². The molecule has 0 saturated heterocycles. The summed E-state index contributed by atoms with van der Waals surface area (Å²) >= 11 is 0. The van der Waals surface area contributed by atoms with E-state index in [9.17, 15) is 9.59 Å². The molecule has 3 N–H and O–H groups in total. The predicted octanol–water partition coefficient (Wildman–Crippen LogP) is 5.26. The van der Waals surface area contributed by atoms with Gasteiger partial charge in [0, 0.05) is 43.3 Å². The van der Waals surface area contributed by atoms with Crippen molar-refractivity contribution >= 4 is 23.1 Å². The highest BCUT2D eigenvalue weighted by Crippen LogP contribution is 2.18. The number of ether oxygens (including phenoxy) is 2. The number of H-pyrrole nitrogens is 1. The molecule has 0 atom stereocenters.